The molecular formula is C20H25FN4O2. The summed E-state index contributed by atoms with van der Waals surface area (Å²) in [7, 11) is 0. The summed E-state index contributed by atoms with van der Waals surface area (Å²) in [5.74, 6) is -0.321. The highest BCUT2D eigenvalue weighted by molar-refractivity contribution is 5.97. The van der Waals surface area contributed by atoms with Crippen molar-refractivity contribution in [2.24, 2.45) is 11.5 Å². The number of rotatable bonds is 8. The molecule has 0 bridgehead atoms. The lowest BCUT2D eigenvalue weighted by Gasteiger charge is -2.21. The van der Waals surface area contributed by atoms with Gasteiger partial charge in [0.25, 0.3) is 0 Å². The summed E-state index contributed by atoms with van der Waals surface area (Å²) in [6, 6.07) is 13.2. The van der Waals surface area contributed by atoms with Gasteiger partial charge in [-0.1, -0.05) is 30.3 Å². The van der Waals surface area contributed by atoms with Crippen LogP contribution < -0.4 is 16.8 Å². The van der Waals surface area contributed by atoms with Crippen molar-refractivity contribution in [3.05, 3.63) is 60.0 Å². The van der Waals surface area contributed by atoms with Crippen LogP contribution in [-0.4, -0.2) is 40.4 Å². The van der Waals surface area contributed by atoms with Gasteiger partial charge >= 0.3 is 0 Å². The second-order valence-electron chi connectivity index (χ2n) is 6.59. The summed E-state index contributed by atoms with van der Waals surface area (Å²) in [6.07, 6.45) is -1.38. The Morgan fingerprint density at radius 2 is 1.78 bits per heavy atom. The molecule has 144 valence electrons. The van der Waals surface area contributed by atoms with Crippen LogP contribution in [0.1, 0.15) is 18.3 Å². The van der Waals surface area contributed by atoms with Crippen LogP contribution in [0.15, 0.2) is 48.5 Å². The lowest BCUT2D eigenvalue weighted by Crippen LogP contribution is -2.45. The van der Waals surface area contributed by atoms with E-state index in [1.807, 2.05) is 24.3 Å². The van der Waals surface area contributed by atoms with Crippen molar-refractivity contribution in [2.45, 2.75) is 24.8 Å². The SMILES string of the molecule is NCCC(O)[C@@H](N)CNC(O)c1[nH]c2ccccc2c1-c1ccc(F)cc1. The van der Waals surface area contributed by atoms with Crippen molar-refractivity contribution in [1.82, 2.24) is 10.3 Å². The van der Waals surface area contributed by atoms with E-state index in [0.29, 0.717) is 18.7 Å². The molecule has 6 nitrogen and oxygen atoms in total. The molecule has 3 atom stereocenters. The Kier molecular flexibility index (Phi) is 6.20. The van der Waals surface area contributed by atoms with Crippen LogP contribution in [0.2, 0.25) is 0 Å². The quantitative estimate of drug-likeness (QED) is 0.336. The number of fused-ring (bicyclic) bond motifs is 1. The van der Waals surface area contributed by atoms with Gasteiger partial charge in [-0.2, -0.15) is 0 Å². The minimum atomic E-state index is -1.03. The standard InChI is InChI=1S/C20H25FN4O2/c21-13-7-5-12(6-8-13)18-14-3-1-2-4-16(14)25-19(18)20(27)24-11-15(23)17(26)9-10-22/h1-8,15,17,20,24-27H,9-11,22-23H2/t15-,17?,20?/m0/s1. The number of halogens is 1. The minimum Gasteiger partial charge on any atom is -0.391 e. The number of H-pyrrole nitrogens is 1. The van der Waals surface area contributed by atoms with Gasteiger partial charge in [0.2, 0.25) is 0 Å². The predicted molar refractivity (Wildman–Crippen MR) is 104 cm³/mol. The first-order valence-corrected chi connectivity index (χ1v) is 8.93. The van der Waals surface area contributed by atoms with Crippen LogP contribution in [0.4, 0.5) is 4.39 Å². The highest BCUT2D eigenvalue weighted by Gasteiger charge is 2.21. The maximum atomic E-state index is 13.3. The third kappa shape index (κ3) is 4.35. The number of nitrogens with two attached hydrogens (primary N) is 2. The summed E-state index contributed by atoms with van der Waals surface area (Å²) >= 11 is 0. The van der Waals surface area contributed by atoms with E-state index >= 15 is 0 Å². The van der Waals surface area contributed by atoms with Crippen molar-refractivity contribution < 1.29 is 14.6 Å². The van der Waals surface area contributed by atoms with Gasteiger partial charge in [-0.25, -0.2) is 4.39 Å². The number of benzene rings is 2. The highest BCUT2D eigenvalue weighted by atomic mass is 19.1. The van der Waals surface area contributed by atoms with E-state index in [2.05, 4.69) is 10.3 Å². The predicted octanol–water partition coefficient (Wildman–Crippen LogP) is 1.59. The summed E-state index contributed by atoms with van der Waals surface area (Å²) in [5, 5.41) is 24.5. The number of nitrogens with one attached hydrogen (secondary N) is 2. The van der Waals surface area contributed by atoms with Gasteiger partial charge < -0.3 is 26.7 Å². The fourth-order valence-electron chi connectivity index (χ4n) is 3.17. The second-order valence-corrected chi connectivity index (χ2v) is 6.59. The zero-order valence-electron chi connectivity index (χ0n) is 14.9. The Morgan fingerprint density at radius 3 is 2.48 bits per heavy atom. The van der Waals surface area contributed by atoms with Gasteiger partial charge in [0, 0.05) is 29.1 Å². The van der Waals surface area contributed by atoms with Crippen LogP contribution in [0.25, 0.3) is 22.0 Å². The fourth-order valence-corrected chi connectivity index (χ4v) is 3.17. The average molecular weight is 372 g/mol. The normalized spacial score (nSPS) is 15.0. The molecular weight excluding hydrogens is 347 g/mol. The molecule has 0 radical (unpaired) electrons. The summed E-state index contributed by atoms with van der Waals surface area (Å²) in [5.41, 5.74) is 14.4. The molecule has 27 heavy (non-hydrogen) atoms. The van der Waals surface area contributed by atoms with Crippen molar-refractivity contribution in [3.8, 4) is 11.1 Å². The molecule has 7 heteroatoms. The number of aliphatic hydroxyl groups is 2. The molecule has 0 aliphatic rings. The first-order chi connectivity index (χ1) is 13.0. The first kappa shape index (κ1) is 19.5. The third-order valence-electron chi connectivity index (χ3n) is 4.64. The molecule has 0 saturated carbocycles. The molecule has 3 aromatic rings. The van der Waals surface area contributed by atoms with Gasteiger partial charge in [0.15, 0.2) is 0 Å². The smallest absolute Gasteiger partial charge is 0.146 e. The van der Waals surface area contributed by atoms with Crippen LogP contribution in [0.3, 0.4) is 0 Å². The van der Waals surface area contributed by atoms with Crippen LogP contribution in [-0.2, 0) is 0 Å². The Bertz CT molecular complexity index is 881. The second kappa shape index (κ2) is 8.60. The molecule has 0 saturated heterocycles. The van der Waals surface area contributed by atoms with E-state index < -0.39 is 18.4 Å². The van der Waals surface area contributed by atoms with Gasteiger partial charge in [-0.15, -0.1) is 0 Å². The molecule has 0 spiro atoms. The van der Waals surface area contributed by atoms with Crippen LogP contribution in [0.5, 0.6) is 0 Å². The van der Waals surface area contributed by atoms with E-state index in [-0.39, 0.29) is 12.4 Å². The van der Waals surface area contributed by atoms with E-state index in [0.717, 1.165) is 22.0 Å². The number of aliphatic hydroxyl groups excluding tert-OH is 2. The third-order valence-corrected chi connectivity index (χ3v) is 4.64. The number of aromatic amines is 1. The maximum absolute atomic E-state index is 13.3. The van der Waals surface area contributed by atoms with E-state index in [1.54, 1.807) is 12.1 Å². The summed E-state index contributed by atoms with van der Waals surface area (Å²) in [6.45, 7) is 0.550. The molecule has 0 amide bonds. The first-order valence-electron chi connectivity index (χ1n) is 8.93. The zero-order valence-corrected chi connectivity index (χ0v) is 14.9. The highest BCUT2D eigenvalue weighted by Crippen LogP contribution is 2.35. The van der Waals surface area contributed by atoms with Crippen molar-refractivity contribution in [1.29, 1.82) is 0 Å². The van der Waals surface area contributed by atoms with Crippen LogP contribution >= 0.6 is 0 Å². The largest absolute Gasteiger partial charge is 0.391 e. The Labute approximate surface area is 157 Å². The fraction of sp³-hybridized carbons (Fsp3) is 0.300. The Morgan fingerprint density at radius 1 is 1.07 bits per heavy atom. The maximum Gasteiger partial charge on any atom is 0.146 e. The average Bonchev–Trinajstić information content (AvgIpc) is 3.06. The number of hydrogen-bond donors (Lipinski definition) is 6. The molecule has 0 aliphatic heterocycles. The number of hydrogen-bond acceptors (Lipinski definition) is 5. The van der Waals surface area contributed by atoms with Gasteiger partial charge in [-0.3, -0.25) is 5.32 Å². The monoisotopic (exact) mass is 372 g/mol. The van der Waals surface area contributed by atoms with Gasteiger partial charge in [0.1, 0.15) is 12.0 Å². The van der Waals surface area contributed by atoms with Gasteiger partial charge in [-0.05, 0) is 36.7 Å². The topological polar surface area (TPSA) is 120 Å². The number of para-hydroxylation sites is 1. The zero-order chi connectivity index (χ0) is 19.4. The lowest BCUT2D eigenvalue weighted by atomic mass is 10.0. The molecule has 0 aliphatic carbocycles. The van der Waals surface area contributed by atoms with Crippen molar-refractivity contribution in [2.75, 3.05) is 13.1 Å². The molecule has 3 rings (SSSR count). The van der Waals surface area contributed by atoms with E-state index in [9.17, 15) is 14.6 Å². The van der Waals surface area contributed by atoms with Crippen molar-refractivity contribution >= 4 is 10.9 Å². The molecule has 1 heterocycles. The molecule has 2 aromatic carbocycles. The summed E-state index contributed by atoms with van der Waals surface area (Å²) in [4.78, 5) is 3.23. The van der Waals surface area contributed by atoms with Crippen LogP contribution in [0, 0.1) is 5.82 Å². The van der Waals surface area contributed by atoms with Gasteiger partial charge in [0.05, 0.1) is 11.8 Å². The molecule has 2 unspecified atom stereocenters. The van der Waals surface area contributed by atoms with Crippen molar-refractivity contribution in [3.63, 3.8) is 0 Å². The molecule has 8 N–H and O–H groups in total. The lowest BCUT2D eigenvalue weighted by molar-refractivity contribution is 0.104. The van der Waals surface area contributed by atoms with E-state index in [4.69, 9.17) is 11.5 Å². The molecule has 1 aromatic heterocycles. The molecule has 0 fully saturated rings. The number of aromatic nitrogens is 1. The Hall–Kier alpha value is -2.29. The summed E-state index contributed by atoms with van der Waals surface area (Å²) < 4.78 is 13.3. The minimum absolute atomic E-state index is 0.209. The Balaban J connectivity index is 1.89. The van der Waals surface area contributed by atoms with E-state index in [1.165, 1.54) is 12.1 Å².